The lowest BCUT2D eigenvalue weighted by Crippen LogP contribution is -2.28. The van der Waals surface area contributed by atoms with Crippen LogP contribution in [0.4, 0.5) is 15.8 Å². The standard InChI is InChI=1S/C12H18ClFN2O/c1-3-16(5-6-17-4-2)12-7-9(13)10(14)8-11(12)15/h7-8H,3-6,15H2,1-2H3. The van der Waals surface area contributed by atoms with Crippen LogP contribution in [0.2, 0.25) is 5.02 Å². The normalized spacial score (nSPS) is 10.6. The first-order chi connectivity index (χ1) is 8.10. The molecule has 2 N–H and O–H groups in total. The lowest BCUT2D eigenvalue weighted by molar-refractivity contribution is 0.154. The van der Waals surface area contributed by atoms with E-state index in [1.165, 1.54) is 6.07 Å². The fourth-order valence-corrected chi connectivity index (χ4v) is 1.75. The first-order valence-electron chi connectivity index (χ1n) is 5.67. The van der Waals surface area contributed by atoms with E-state index in [-0.39, 0.29) is 5.02 Å². The predicted molar refractivity (Wildman–Crippen MR) is 70.2 cm³/mol. The Bertz CT molecular complexity index is 374. The molecule has 1 aromatic rings. The fraction of sp³-hybridized carbons (Fsp3) is 0.500. The molecule has 0 fully saturated rings. The Morgan fingerprint density at radius 2 is 2.12 bits per heavy atom. The molecule has 0 aliphatic heterocycles. The number of rotatable bonds is 6. The van der Waals surface area contributed by atoms with Gasteiger partial charge in [-0.05, 0) is 19.9 Å². The Labute approximate surface area is 106 Å². The maximum atomic E-state index is 13.2. The molecule has 1 aromatic carbocycles. The van der Waals surface area contributed by atoms with Gasteiger partial charge in [0.25, 0.3) is 0 Å². The van der Waals surface area contributed by atoms with Crippen molar-refractivity contribution in [2.75, 3.05) is 36.9 Å². The molecule has 0 aliphatic rings. The van der Waals surface area contributed by atoms with Gasteiger partial charge in [0.2, 0.25) is 0 Å². The minimum absolute atomic E-state index is 0.0871. The predicted octanol–water partition coefficient (Wildman–Crippen LogP) is 2.92. The van der Waals surface area contributed by atoms with Crippen LogP contribution in [-0.2, 0) is 4.74 Å². The number of benzene rings is 1. The highest BCUT2D eigenvalue weighted by Gasteiger charge is 2.11. The zero-order valence-electron chi connectivity index (χ0n) is 10.2. The van der Waals surface area contributed by atoms with Crippen LogP contribution >= 0.6 is 11.6 Å². The number of nitrogens with zero attached hydrogens (tertiary/aromatic N) is 1. The lowest BCUT2D eigenvalue weighted by Gasteiger charge is -2.24. The van der Waals surface area contributed by atoms with E-state index in [0.29, 0.717) is 25.4 Å². The number of nitrogens with two attached hydrogens (primary N) is 1. The van der Waals surface area contributed by atoms with E-state index in [1.807, 2.05) is 18.7 Å². The molecule has 0 heterocycles. The second-order valence-corrected chi connectivity index (χ2v) is 4.01. The van der Waals surface area contributed by atoms with Crippen LogP contribution in [0.1, 0.15) is 13.8 Å². The van der Waals surface area contributed by atoms with Gasteiger partial charge in [-0.25, -0.2) is 4.39 Å². The van der Waals surface area contributed by atoms with Crippen LogP contribution < -0.4 is 10.6 Å². The summed E-state index contributed by atoms with van der Waals surface area (Å²) in [5.74, 6) is -0.492. The zero-order valence-corrected chi connectivity index (χ0v) is 10.9. The van der Waals surface area contributed by atoms with Crippen molar-refractivity contribution >= 4 is 23.0 Å². The summed E-state index contributed by atoms with van der Waals surface area (Å²) in [6, 6.07) is 2.81. The summed E-state index contributed by atoms with van der Waals surface area (Å²) >= 11 is 5.76. The first kappa shape index (κ1) is 14.1. The van der Waals surface area contributed by atoms with E-state index in [1.54, 1.807) is 6.07 Å². The van der Waals surface area contributed by atoms with Gasteiger partial charge in [0.1, 0.15) is 5.82 Å². The smallest absolute Gasteiger partial charge is 0.143 e. The maximum Gasteiger partial charge on any atom is 0.143 e. The Morgan fingerprint density at radius 1 is 1.41 bits per heavy atom. The molecule has 0 atom stereocenters. The van der Waals surface area contributed by atoms with Crippen LogP contribution in [0.25, 0.3) is 0 Å². The van der Waals surface area contributed by atoms with Gasteiger partial charge in [-0.1, -0.05) is 11.6 Å². The Hall–Kier alpha value is -1.00. The molecule has 3 nitrogen and oxygen atoms in total. The summed E-state index contributed by atoms with van der Waals surface area (Å²) in [6.45, 7) is 6.70. The average molecular weight is 261 g/mol. The van der Waals surface area contributed by atoms with Crippen molar-refractivity contribution in [1.29, 1.82) is 0 Å². The molecular formula is C12H18ClFN2O. The van der Waals surface area contributed by atoms with Crippen molar-refractivity contribution in [1.82, 2.24) is 0 Å². The van der Waals surface area contributed by atoms with Gasteiger partial charge in [-0.15, -0.1) is 0 Å². The van der Waals surface area contributed by atoms with E-state index in [9.17, 15) is 4.39 Å². The van der Waals surface area contributed by atoms with Crippen LogP contribution in [0, 0.1) is 5.82 Å². The second-order valence-electron chi connectivity index (χ2n) is 3.60. The van der Waals surface area contributed by atoms with Crippen molar-refractivity contribution in [2.24, 2.45) is 0 Å². The summed E-state index contributed by atoms with van der Waals surface area (Å²) in [5.41, 5.74) is 6.93. The van der Waals surface area contributed by atoms with Crippen molar-refractivity contribution in [3.63, 3.8) is 0 Å². The number of nitrogen functional groups attached to an aromatic ring is 1. The third-order valence-electron chi connectivity index (χ3n) is 2.50. The van der Waals surface area contributed by atoms with Gasteiger partial charge < -0.3 is 15.4 Å². The van der Waals surface area contributed by atoms with Crippen molar-refractivity contribution in [3.8, 4) is 0 Å². The molecule has 5 heteroatoms. The SMILES string of the molecule is CCOCCN(CC)c1cc(Cl)c(F)cc1N. The Morgan fingerprint density at radius 3 is 2.71 bits per heavy atom. The molecule has 1 rings (SSSR count). The third-order valence-corrected chi connectivity index (χ3v) is 2.79. The number of hydrogen-bond donors (Lipinski definition) is 1. The fourth-order valence-electron chi connectivity index (χ4n) is 1.59. The third kappa shape index (κ3) is 3.75. The molecule has 17 heavy (non-hydrogen) atoms. The summed E-state index contributed by atoms with van der Waals surface area (Å²) < 4.78 is 18.5. The largest absolute Gasteiger partial charge is 0.397 e. The van der Waals surface area contributed by atoms with E-state index < -0.39 is 5.82 Å². The monoisotopic (exact) mass is 260 g/mol. The molecule has 96 valence electrons. The van der Waals surface area contributed by atoms with Crippen molar-refractivity contribution < 1.29 is 9.13 Å². The highest BCUT2D eigenvalue weighted by molar-refractivity contribution is 6.31. The van der Waals surface area contributed by atoms with Crippen LogP contribution in [0.5, 0.6) is 0 Å². The number of ether oxygens (including phenoxy) is 1. The van der Waals surface area contributed by atoms with Crippen molar-refractivity contribution in [2.45, 2.75) is 13.8 Å². The van der Waals surface area contributed by atoms with E-state index >= 15 is 0 Å². The molecular weight excluding hydrogens is 243 g/mol. The highest BCUT2D eigenvalue weighted by atomic mass is 35.5. The van der Waals surface area contributed by atoms with Gasteiger partial charge in [0, 0.05) is 25.8 Å². The van der Waals surface area contributed by atoms with Crippen LogP contribution in [0.15, 0.2) is 12.1 Å². The zero-order chi connectivity index (χ0) is 12.8. The molecule has 0 bridgehead atoms. The minimum atomic E-state index is -0.492. The summed E-state index contributed by atoms with van der Waals surface area (Å²) in [4.78, 5) is 2.01. The van der Waals surface area contributed by atoms with Gasteiger partial charge >= 0.3 is 0 Å². The lowest BCUT2D eigenvalue weighted by atomic mass is 10.2. The number of likely N-dealkylation sites (N-methyl/N-ethyl adjacent to an activating group) is 1. The van der Waals surface area contributed by atoms with Crippen LogP contribution in [0.3, 0.4) is 0 Å². The molecule has 0 aliphatic carbocycles. The average Bonchev–Trinajstić information content (AvgIpc) is 2.30. The minimum Gasteiger partial charge on any atom is -0.397 e. The number of hydrogen-bond acceptors (Lipinski definition) is 3. The summed E-state index contributed by atoms with van der Waals surface area (Å²) in [6.07, 6.45) is 0. The first-order valence-corrected chi connectivity index (χ1v) is 6.05. The second kappa shape index (κ2) is 6.67. The molecule has 0 spiro atoms. The van der Waals surface area contributed by atoms with Gasteiger partial charge in [0.15, 0.2) is 0 Å². The van der Waals surface area contributed by atoms with Crippen molar-refractivity contribution in [3.05, 3.63) is 23.0 Å². The topological polar surface area (TPSA) is 38.5 Å². The highest BCUT2D eigenvalue weighted by Crippen LogP contribution is 2.29. The van der Waals surface area contributed by atoms with E-state index in [4.69, 9.17) is 22.1 Å². The summed E-state index contributed by atoms with van der Waals surface area (Å²) in [5, 5.41) is 0.0871. The molecule has 0 radical (unpaired) electrons. The summed E-state index contributed by atoms with van der Waals surface area (Å²) in [7, 11) is 0. The molecule has 0 saturated carbocycles. The van der Waals surface area contributed by atoms with Crippen LogP contribution in [-0.4, -0.2) is 26.3 Å². The van der Waals surface area contributed by atoms with E-state index in [0.717, 1.165) is 12.2 Å². The van der Waals surface area contributed by atoms with E-state index in [2.05, 4.69) is 0 Å². The number of anilines is 2. The molecule has 0 unspecified atom stereocenters. The van der Waals surface area contributed by atoms with Gasteiger partial charge in [-0.3, -0.25) is 0 Å². The Balaban J connectivity index is 2.84. The van der Waals surface area contributed by atoms with Gasteiger partial charge in [-0.2, -0.15) is 0 Å². The Kier molecular flexibility index (Phi) is 5.51. The molecule has 0 aromatic heterocycles. The molecule has 0 saturated heterocycles. The van der Waals surface area contributed by atoms with Gasteiger partial charge in [0.05, 0.1) is 23.0 Å². The number of halogens is 2. The molecule has 0 amide bonds. The quantitative estimate of drug-likeness (QED) is 0.631. The maximum absolute atomic E-state index is 13.2.